The lowest BCUT2D eigenvalue weighted by Crippen LogP contribution is -2.31. The van der Waals surface area contributed by atoms with E-state index in [9.17, 15) is 0 Å². The van der Waals surface area contributed by atoms with Crippen LogP contribution < -0.4 is 4.48 Å². The second-order valence-corrected chi connectivity index (χ2v) is 14.2. The van der Waals surface area contributed by atoms with Crippen molar-refractivity contribution >= 4 is 44.6 Å². The zero-order valence-electron chi connectivity index (χ0n) is 30.4. The third-order valence-electron chi connectivity index (χ3n) is 11.1. The average molecular weight is 717 g/mol. The van der Waals surface area contributed by atoms with Crippen molar-refractivity contribution in [2.24, 2.45) is 0 Å². The highest BCUT2D eigenvalue weighted by molar-refractivity contribution is 6.16. The molecule has 10 aromatic rings. The van der Waals surface area contributed by atoms with Crippen molar-refractivity contribution in [3.8, 4) is 51.0 Å². The van der Waals surface area contributed by atoms with E-state index in [-0.39, 0.29) is 0 Å². The summed E-state index contributed by atoms with van der Waals surface area (Å²) in [6, 6.07) is 73.1. The first kappa shape index (κ1) is 32.0. The molecule has 0 unspecified atom stereocenters. The molecule has 0 amide bonds. The summed E-state index contributed by atoms with van der Waals surface area (Å²) < 4.78 is 2.69. The van der Waals surface area contributed by atoms with E-state index in [1.807, 2.05) is 36.4 Å². The minimum absolute atomic E-state index is 0.446. The molecular formula is C51H34N5+. The number of hydrogen-bond donors (Lipinski definition) is 0. The Kier molecular flexibility index (Phi) is 7.34. The fourth-order valence-electron chi connectivity index (χ4n) is 8.60. The highest BCUT2D eigenvalue weighted by Crippen LogP contribution is 2.63. The number of quaternary nitrogens is 1. The van der Waals surface area contributed by atoms with Crippen LogP contribution in [0.5, 0.6) is 0 Å². The van der Waals surface area contributed by atoms with E-state index in [4.69, 9.17) is 15.0 Å². The summed E-state index contributed by atoms with van der Waals surface area (Å²) in [4.78, 5) is 15.6. The fraction of sp³-hybridized carbons (Fsp3) is 0. The summed E-state index contributed by atoms with van der Waals surface area (Å²) >= 11 is 0. The molecule has 56 heavy (non-hydrogen) atoms. The summed E-state index contributed by atoms with van der Waals surface area (Å²) in [7, 11) is 0. The van der Waals surface area contributed by atoms with Gasteiger partial charge in [-0.2, -0.15) is 14.5 Å². The standard InChI is InChI=1S/C51H34N5/c1-6-18-35(19-7-1)38-30-31-45-42(32-38)43-33-44-41-28-16-17-29-47(41)56(39-24-12-4-13-25-39,40-26-14-5-15-27-40)48(44)34-46(43)55(45)51-53-49(36-20-8-2-9-21-36)52-50(54-51)37-22-10-3-11-23-37/h1-34H/q+1. The van der Waals surface area contributed by atoms with Crippen LogP contribution in [-0.2, 0) is 0 Å². The number of para-hydroxylation sites is 3. The van der Waals surface area contributed by atoms with Gasteiger partial charge in [-0.3, -0.25) is 4.57 Å². The van der Waals surface area contributed by atoms with E-state index in [0.717, 1.165) is 49.9 Å². The normalized spacial score (nSPS) is 12.8. The van der Waals surface area contributed by atoms with Gasteiger partial charge < -0.3 is 0 Å². The average Bonchev–Trinajstić information content (AvgIpc) is 3.76. The number of fused-ring (bicyclic) bond motifs is 6. The lowest BCUT2D eigenvalue weighted by atomic mass is 10.00. The Labute approximate surface area is 324 Å². The van der Waals surface area contributed by atoms with Gasteiger partial charge in [-0.25, -0.2) is 4.98 Å². The first-order chi connectivity index (χ1) is 27.8. The molecule has 3 heterocycles. The smallest absolute Gasteiger partial charge is 0.238 e. The maximum atomic E-state index is 5.27. The summed E-state index contributed by atoms with van der Waals surface area (Å²) in [6.45, 7) is 0. The number of aromatic nitrogens is 4. The number of hydrogen-bond acceptors (Lipinski definition) is 3. The molecule has 2 aromatic heterocycles. The Morgan fingerprint density at radius 3 is 1.43 bits per heavy atom. The molecule has 0 bridgehead atoms. The Bertz CT molecular complexity index is 2950. The fourth-order valence-corrected chi connectivity index (χ4v) is 8.60. The lowest BCUT2D eigenvalue weighted by Gasteiger charge is -2.34. The van der Waals surface area contributed by atoms with Crippen molar-refractivity contribution in [3.05, 3.63) is 206 Å². The van der Waals surface area contributed by atoms with Crippen LogP contribution in [0.15, 0.2) is 206 Å². The van der Waals surface area contributed by atoms with Crippen molar-refractivity contribution < 1.29 is 0 Å². The van der Waals surface area contributed by atoms with Crippen molar-refractivity contribution in [1.82, 2.24) is 24.0 Å². The van der Waals surface area contributed by atoms with Gasteiger partial charge >= 0.3 is 0 Å². The van der Waals surface area contributed by atoms with E-state index in [1.165, 1.54) is 28.1 Å². The van der Waals surface area contributed by atoms with Crippen LogP contribution in [0.1, 0.15) is 0 Å². The molecule has 0 radical (unpaired) electrons. The molecule has 11 rings (SSSR count). The van der Waals surface area contributed by atoms with Crippen LogP contribution in [0.25, 0.3) is 72.8 Å². The molecule has 262 valence electrons. The Morgan fingerprint density at radius 2 is 0.839 bits per heavy atom. The molecule has 0 saturated heterocycles. The maximum Gasteiger partial charge on any atom is 0.238 e. The van der Waals surface area contributed by atoms with Gasteiger partial charge in [0.15, 0.2) is 23.0 Å². The quantitative estimate of drug-likeness (QED) is 0.161. The third kappa shape index (κ3) is 4.88. The van der Waals surface area contributed by atoms with Crippen molar-refractivity contribution in [2.75, 3.05) is 0 Å². The minimum atomic E-state index is 0.446. The van der Waals surface area contributed by atoms with Crippen LogP contribution in [0.2, 0.25) is 0 Å². The molecule has 5 nitrogen and oxygen atoms in total. The third-order valence-corrected chi connectivity index (χ3v) is 11.1. The largest absolute Gasteiger partial charge is 0.278 e. The van der Waals surface area contributed by atoms with Crippen molar-refractivity contribution in [3.63, 3.8) is 0 Å². The number of rotatable bonds is 6. The van der Waals surface area contributed by atoms with Crippen LogP contribution >= 0.6 is 0 Å². The van der Waals surface area contributed by atoms with E-state index in [0.29, 0.717) is 22.1 Å². The van der Waals surface area contributed by atoms with Crippen LogP contribution in [0.4, 0.5) is 22.7 Å². The molecule has 8 aromatic carbocycles. The van der Waals surface area contributed by atoms with Gasteiger partial charge in [0, 0.05) is 58.3 Å². The molecule has 0 spiro atoms. The topological polar surface area (TPSA) is 43.6 Å². The summed E-state index contributed by atoms with van der Waals surface area (Å²) in [5, 5.41) is 2.27. The first-order valence-electron chi connectivity index (χ1n) is 18.9. The highest BCUT2D eigenvalue weighted by atomic mass is 15.4. The lowest BCUT2D eigenvalue weighted by molar-refractivity contribution is 0.721. The molecule has 0 N–H and O–H groups in total. The predicted molar refractivity (Wildman–Crippen MR) is 230 cm³/mol. The van der Waals surface area contributed by atoms with Gasteiger partial charge in [-0.05, 0) is 35.4 Å². The molecule has 1 aliphatic heterocycles. The van der Waals surface area contributed by atoms with E-state index >= 15 is 0 Å². The van der Waals surface area contributed by atoms with Gasteiger partial charge in [0.1, 0.15) is 11.4 Å². The SMILES string of the molecule is c1ccc(-c2ccc3c(c2)c2cc4c(cc2n3-c2nc(-c3ccccc3)nc(-c3ccccc3)n2)[N+](c2ccccc2)(c2ccccc2)c2ccccc2-4)cc1. The van der Waals surface area contributed by atoms with Crippen molar-refractivity contribution in [1.29, 1.82) is 0 Å². The Balaban J connectivity index is 1.28. The Hall–Kier alpha value is -7.47. The molecule has 0 saturated carbocycles. The molecular weight excluding hydrogens is 683 g/mol. The van der Waals surface area contributed by atoms with Gasteiger partial charge in [-0.15, -0.1) is 0 Å². The number of nitrogens with zero attached hydrogens (tertiary/aromatic N) is 5. The molecule has 0 aliphatic carbocycles. The molecule has 0 fully saturated rings. The van der Waals surface area contributed by atoms with E-state index in [2.05, 4.69) is 174 Å². The van der Waals surface area contributed by atoms with Gasteiger partial charge in [0.2, 0.25) is 5.95 Å². The van der Waals surface area contributed by atoms with Crippen LogP contribution in [0, 0.1) is 0 Å². The molecule has 0 atom stereocenters. The molecule has 1 aliphatic rings. The maximum absolute atomic E-state index is 5.27. The minimum Gasteiger partial charge on any atom is -0.278 e. The zero-order valence-corrected chi connectivity index (χ0v) is 30.4. The predicted octanol–water partition coefficient (Wildman–Crippen LogP) is 13.3. The van der Waals surface area contributed by atoms with Crippen LogP contribution in [-0.4, -0.2) is 19.5 Å². The highest BCUT2D eigenvalue weighted by Gasteiger charge is 2.48. The monoisotopic (exact) mass is 716 g/mol. The summed E-state index contributed by atoms with van der Waals surface area (Å²) in [5.74, 6) is 1.81. The van der Waals surface area contributed by atoms with Gasteiger partial charge in [0.05, 0.1) is 22.2 Å². The summed E-state index contributed by atoms with van der Waals surface area (Å²) in [6.07, 6.45) is 0. The van der Waals surface area contributed by atoms with E-state index in [1.54, 1.807) is 0 Å². The number of benzene rings is 8. The molecule has 5 heteroatoms. The second kappa shape index (κ2) is 12.8. The second-order valence-electron chi connectivity index (χ2n) is 14.2. The van der Waals surface area contributed by atoms with Crippen molar-refractivity contribution in [2.45, 2.75) is 0 Å². The van der Waals surface area contributed by atoms with E-state index < -0.39 is 0 Å². The summed E-state index contributed by atoms with van der Waals surface area (Å²) in [5.41, 5.74) is 13.4. The van der Waals surface area contributed by atoms with Crippen LogP contribution in [0.3, 0.4) is 0 Å². The zero-order chi connectivity index (χ0) is 37.1. The first-order valence-corrected chi connectivity index (χ1v) is 18.9. The van der Waals surface area contributed by atoms with Gasteiger partial charge in [0.25, 0.3) is 0 Å². The Morgan fingerprint density at radius 1 is 0.339 bits per heavy atom. The van der Waals surface area contributed by atoms with Gasteiger partial charge in [-0.1, -0.05) is 146 Å².